The van der Waals surface area contributed by atoms with Crippen molar-refractivity contribution in [2.45, 2.75) is 59.6 Å². The quantitative estimate of drug-likeness (QED) is 0.0968. The van der Waals surface area contributed by atoms with Crippen molar-refractivity contribution >= 4 is 45.3 Å². The standard InChI is InChI=1S/C17H16F3N3O3S.C17H16F3N3OS/c1-9-3-5-11(6-4-9)27(25,26)14-7-10(2)12(15(24)23-16(21)22)8-13(14)17(18,19)20;1-9-3-5-11(6-4-9)25-14-7-10(2)12(15(24)23-16(21)22)8-13(14)17(18,19)20/h3-8H,1-2H3,(H4,21,22,23,24);3-8H,1-2H3,(H4,21,22,23,24). The number of aliphatic imine (C=N–C) groups is 2. The van der Waals surface area contributed by atoms with Crippen molar-refractivity contribution < 1.29 is 44.3 Å². The topological polar surface area (TPSA) is 197 Å². The molecule has 0 fully saturated rings. The zero-order chi connectivity index (χ0) is 39.3. The van der Waals surface area contributed by atoms with Gasteiger partial charge in [0.1, 0.15) is 0 Å². The number of aryl methyl sites for hydroxylation is 4. The van der Waals surface area contributed by atoms with Gasteiger partial charge in [0.15, 0.2) is 11.9 Å². The first-order valence-electron chi connectivity index (χ1n) is 14.7. The minimum Gasteiger partial charge on any atom is -0.370 e. The van der Waals surface area contributed by atoms with E-state index in [-0.39, 0.29) is 20.9 Å². The van der Waals surface area contributed by atoms with Crippen LogP contribution in [-0.2, 0) is 22.2 Å². The van der Waals surface area contributed by atoms with Gasteiger partial charge in [-0.15, -0.1) is 0 Å². The third kappa shape index (κ3) is 10.3. The second-order valence-corrected chi connectivity index (χ2v) is 14.3. The van der Waals surface area contributed by atoms with E-state index in [1.807, 2.05) is 19.1 Å². The monoisotopic (exact) mass is 766 g/mol. The lowest BCUT2D eigenvalue weighted by molar-refractivity contribution is -0.140. The number of carbonyl (C=O) groups is 2. The number of hydrogen-bond donors (Lipinski definition) is 4. The Labute approximate surface area is 298 Å². The fraction of sp³-hybridized carbons (Fsp3) is 0.176. The Hall–Kier alpha value is -5.36. The molecule has 2 amide bonds. The van der Waals surface area contributed by atoms with Crippen LogP contribution in [0.4, 0.5) is 26.3 Å². The van der Waals surface area contributed by atoms with E-state index in [9.17, 15) is 44.3 Å². The lowest BCUT2D eigenvalue weighted by atomic mass is 10.0. The van der Waals surface area contributed by atoms with Crippen LogP contribution >= 0.6 is 11.8 Å². The highest BCUT2D eigenvalue weighted by molar-refractivity contribution is 7.99. The molecule has 0 aliphatic carbocycles. The predicted molar refractivity (Wildman–Crippen MR) is 185 cm³/mol. The summed E-state index contributed by atoms with van der Waals surface area (Å²) < 4.78 is 106. The molecular formula is C34H32F6N6O4S2. The van der Waals surface area contributed by atoms with Gasteiger partial charge < -0.3 is 22.9 Å². The van der Waals surface area contributed by atoms with E-state index in [0.717, 1.165) is 35.0 Å². The summed E-state index contributed by atoms with van der Waals surface area (Å²) in [5, 5.41) is 0. The molecule has 52 heavy (non-hydrogen) atoms. The number of nitrogens with zero attached hydrogens (tertiary/aromatic N) is 2. The Balaban J connectivity index is 0.000000281. The van der Waals surface area contributed by atoms with Gasteiger partial charge in [-0.25, -0.2) is 8.42 Å². The number of hydrogen-bond acceptors (Lipinski definition) is 5. The number of benzene rings is 4. The first-order valence-corrected chi connectivity index (χ1v) is 17.0. The average Bonchev–Trinajstić information content (AvgIpc) is 3.00. The van der Waals surface area contributed by atoms with E-state index >= 15 is 0 Å². The van der Waals surface area contributed by atoms with Gasteiger partial charge in [-0.2, -0.15) is 36.3 Å². The Morgan fingerprint density at radius 3 is 1.44 bits per heavy atom. The molecule has 4 rings (SSSR count). The number of halogens is 6. The third-order valence-electron chi connectivity index (χ3n) is 7.06. The highest BCUT2D eigenvalue weighted by Gasteiger charge is 2.39. The van der Waals surface area contributed by atoms with Gasteiger partial charge in [0.25, 0.3) is 11.8 Å². The van der Waals surface area contributed by atoms with Crippen molar-refractivity contribution in [1.29, 1.82) is 0 Å². The first kappa shape index (κ1) is 41.1. The molecular weight excluding hydrogens is 735 g/mol. The molecule has 0 aliphatic rings. The van der Waals surface area contributed by atoms with Crippen molar-refractivity contribution in [3.05, 3.63) is 117 Å². The number of guanidine groups is 2. The maximum atomic E-state index is 13.5. The molecule has 0 saturated heterocycles. The molecule has 0 bridgehead atoms. The predicted octanol–water partition coefficient (Wildman–Crippen LogP) is 6.46. The normalized spacial score (nSPS) is 11.6. The third-order valence-corrected chi connectivity index (χ3v) is 9.93. The van der Waals surface area contributed by atoms with E-state index in [0.29, 0.717) is 16.5 Å². The molecule has 18 heteroatoms. The molecule has 0 aromatic heterocycles. The summed E-state index contributed by atoms with van der Waals surface area (Å²) >= 11 is 0.982. The fourth-order valence-corrected chi connectivity index (χ4v) is 7.10. The highest BCUT2D eigenvalue weighted by Crippen LogP contribution is 2.41. The second-order valence-electron chi connectivity index (χ2n) is 11.2. The molecule has 0 radical (unpaired) electrons. The van der Waals surface area contributed by atoms with Crippen LogP contribution in [0.25, 0.3) is 0 Å². The van der Waals surface area contributed by atoms with Crippen LogP contribution in [0.2, 0.25) is 0 Å². The molecule has 0 aliphatic heterocycles. The van der Waals surface area contributed by atoms with E-state index in [2.05, 4.69) is 9.98 Å². The summed E-state index contributed by atoms with van der Waals surface area (Å²) in [5.41, 5.74) is 19.5. The maximum absolute atomic E-state index is 13.5. The Bertz CT molecular complexity index is 2160. The van der Waals surface area contributed by atoms with Crippen molar-refractivity contribution in [2.24, 2.45) is 32.9 Å². The largest absolute Gasteiger partial charge is 0.417 e. The number of alkyl halides is 6. The van der Waals surface area contributed by atoms with Gasteiger partial charge in [0.05, 0.1) is 20.9 Å². The van der Waals surface area contributed by atoms with Gasteiger partial charge in [-0.05, 0) is 87.4 Å². The van der Waals surface area contributed by atoms with Crippen LogP contribution in [0.15, 0.2) is 102 Å². The van der Waals surface area contributed by atoms with Gasteiger partial charge in [-0.3, -0.25) is 9.59 Å². The summed E-state index contributed by atoms with van der Waals surface area (Å²) in [5.74, 6) is -3.13. The smallest absolute Gasteiger partial charge is 0.370 e. The molecule has 4 aromatic rings. The second kappa shape index (κ2) is 15.9. The number of rotatable bonds is 6. The van der Waals surface area contributed by atoms with Gasteiger partial charge in [-0.1, -0.05) is 47.2 Å². The van der Waals surface area contributed by atoms with Crippen molar-refractivity contribution in [3.8, 4) is 0 Å². The average molecular weight is 767 g/mol. The molecule has 0 heterocycles. The van der Waals surface area contributed by atoms with Crippen molar-refractivity contribution in [1.82, 2.24) is 0 Å². The first-order chi connectivity index (χ1) is 23.9. The number of nitrogens with two attached hydrogens (primary N) is 4. The Morgan fingerprint density at radius 1 is 0.615 bits per heavy atom. The Morgan fingerprint density at radius 2 is 1.02 bits per heavy atom. The van der Waals surface area contributed by atoms with Crippen LogP contribution in [0.1, 0.15) is 54.1 Å². The lowest BCUT2D eigenvalue weighted by Crippen LogP contribution is -2.24. The van der Waals surface area contributed by atoms with Gasteiger partial charge >= 0.3 is 12.4 Å². The summed E-state index contributed by atoms with van der Waals surface area (Å²) in [6.45, 7) is 6.44. The highest BCUT2D eigenvalue weighted by atomic mass is 32.2. The maximum Gasteiger partial charge on any atom is 0.417 e. The van der Waals surface area contributed by atoms with Crippen LogP contribution in [0.3, 0.4) is 0 Å². The molecule has 0 atom stereocenters. The van der Waals surface area contributed by atoms with Crippen molar-refractivity contribution in [2.75, 3.05) is 0 Å². The summed E-state index contributed by atoms with van der Waals surface area (Å²) in [6.07, 6.45) is -9.64. The van der Waals surface area contributed by atoms with Crippen LogP contribution in [-0.4, -0.2) is 32.2 Å². The van der Waals surface area contributed by atoms with Crippen molar-refractivity contribution in [3.63, 3.8) is 0 Å². The fourth-order valence-electron chi connectivity index (χ4n) is 4.51. The molecule has 4 aromatic carbocycles. The molecule has 0 saturated carbocycles. The van der Waals surface area contributed by atoms with Crippen LogP contribution in [0.5, 0.6) is 0 Å². The van der Waals surface area contributed by atoms with E-state index < -0.39 is 67.5 Å². The van der Waals surface area contributed by atoms with E-state index in [4.69, 9.17) is 22.9 Å². The van der Waals surface area contributed by atoms with Crippen LogP contribution < -0.4 is 22.9 Å². The summed E-state index contributed by atoms with van der Waals surface area (Å²) in [6, 6.07) is 15.9. The summed E-state index contributed by atoms with van der Waals surface area (Å²) in [7, 11) is -4.47. The number of carbonyl (C=O) groups excluding carboxylic acids is 2. The molecule has 276 valence electrons. The number of sulfone groups is 1. The summed E-state index contributed by atoms with van der Waals surface area (Å²) in [4.78, 5) is 29.9. The molecule has 0 spiro atoms. The van der Waals surface area contributed by atoms with Gasteiger partial charge in [0, 0.05) is 20.9 Å². The molecule has 10 nitrogen and oxygen atoms in total. The SMILES string of the molecule is Cc1ccc(S(=O)(=O)c2cc(C)c(C(=O)N=C(N)N)cc2C(F)(F)F)cc1.Cc1ccc(Sc2cc(C)c(C(=O)N=C(N)N)cc2C(F)(F)F)cc1. The van der Waals surface area contributed by atoms with Crippen LogP contribution in [0, 0.1) is 27.7 Å². The zero-order valence-electron chi connectivity index (χ0n) is 27.8. The zero-order valence-corrected chi connectivity index (χ0v) is 29.5. The minimum atomic E-state index is -5.02. The lowest BCUT2D eigenvalue weighted by Gasteiger charge is -2.16. The molecule has 8 N–H and O–H groups in total. The Kier molecular flexibility index (Phi) is 12.6. The van der Waals surface area contributed by atoms with E-state index in [1.54, 1.807) is 19.1 Å². The number of amides is 2. The minimum absolute atomic E-state index is 0.00935. The van der Waals surface area contributed by atoms with E-state index in [1.165, 1.54) is 44.2 Å². The van der Waals surface area contributed by atoms with Gasteiger partial charge in [0.2, 0.25) is 9.84 Å². The molecule has 0 unspecified atom stereocenters.